The van der Waals surface area contributed by atoms with E-state index in [9.17, 15) is 4.79 Å². The molecule has 1 N–H and O–H groups in total. The molecule has 0 bridgehead atoms. The first-order valence-corrected chi connectivity index (χ1v) is 9.21. The van der Waals surface area contributed by atoms with E-state index in [1.165, 1.54) is 7.11 Å². The molecule has 1 aliphatic heterocycles. The predicted molar refractivity (Wildman–Crippen MR) is 106 cm³/mol. The van der Waals surface area contributed by atoms with Crippen LogP contribution < -0.4 is 19.5 Å². The summed E-state index contributed by atoms with van der Waals surface area (Å²) in [6, 6.07) is 12.8. The zero-order valence-corrected chi connectivity index (χ0v) is 16.0. The smallest absolute Gasteiger partial charge is 0.255 e. The Bertz CT molecular complexity index is 1000. The van der Waals surface area contributed by atoms with Gasteiger partial charge in [-0.05, 0) is 24.3 Å². The summed E-state index contributed by atoms with van der Waals surface area (Å²) in [6.07, 6.45) is 3.75. The number of ether oxygens (including phenoxy) is 3. The van der Waals surface area contributed by atoms with Gasteiger partial charge in [0, 0.05) is 30.6 Å². The minimum absolute atomic E-state index is 0.285. The van der Waals surface area contributed by atoms with Crippen LogP contribution in [0.3, 0.4) is 0 Å². The van der Waals surface area contributed by atoms with Crippen molar-refractivity contribution in [1.82, 2.24) is 9.88 Å². The van der Waals surface area contributed by atoms with Gasteiger partial charge in [0.15, 0.2) is 11.5 Å². The van der Waals surface area contributed by atoms with Crippen molar-refractivity contribution in [3.8, 4) is 22.9 Å². The molecule has 3 aromatic rings. The van der Waals surface area contributed by atoms with Crippen molar-refractivity contribution < 1.29 is 19.0 Å². The average Bonchev–Trinajstić information content (AvgIpc) is 3.26. The molecule has 2 aromatic carbocycles. The highest BCUT2D eigenvalue weighted by Gasteiger charge is 2.19. The van der Waals surface area contributed by atoms with Crippen LogP contribution in [-0.4, -0.2) is 30.8 Å². The Morgan fingerprint density at radius 2 is 1.96 bits per heavy atom. The largest absolute Gasteiger partial charge is 0.496 e. The molecule has 144 valence electrons. The van der Waals surface area contributed by atoms with Crippen LogP contribution in [0.5, 0.6) is 17.2 Å². The molecule has 0 radical (unpaired) electrons. The zero-order valence-electron chi connectivity index (χ0n) is 15.3. The fraction of sp³-hybridized carbons (Fsp3) is 0.190. The lowest BCUT2D eigenvalue weighted by Crippen LogP contribution is -2.25. The number of carbonyl (C=O) groups is 1. The molecule has 6 nitrogen and oxygen atoms in total. The van der Waals surface area contributed by atoms with Crippen molar-refractivity contribution >= 4 is 17.5 Å². The van der Waals surface area contributed by atoms with E-state index >= 15 is 0 Å². The summed E-state index contributed by atoms with van der Waals surface area (Å²) in [6.45, 7) is 1.31. The Labute approximate surface area is 167 Å². The van der Waals surface area contributed by atoms with Crippen LogP contribution in [0.15, 0.2) is 54.9 Å². The van der Waals surface area contributed by atoms with E-state index in [4.69, 9.17) is 25.8 Å². The molecule has 7 heteroatoms. The highest BCUT2D eigenvalue weighted by molar-refractivity contribution is 6.33. The Morgan fingerprint density at radius 1 is 1.18 bits per heavy atom. The fourth-order valence-corrected chi connectivity index (χ4v) is 3.39. The normalized spacial score (nSPS) is 12.5. The molecule has 1 aliphatic rings. The molecule has 0 fully saturated rings. The summed E-state index contributed by atoms with van der Waals surface area (Å²) in [4.78, 5) is 12.8. The number of aromatic nitrogens is 1. The molecule has 4 rings (SSSR count). The number of benzene rings is 2. The van der Waals surface area contributed by atoms with Gasteiger partial charge in [0.05, 0.1) is 23.4 Å². The van der Waals surface area contributed by atoms with Gasteiger partial charge in [-0.1, -0.05) is 23.7 Å². The lowest BCUT2D eigenvalue weighted by atomic mass is 10.1. The molecular weight excluding hydrogens is 380 g/mol. The van der Waals surface area contributed by atoms with E-state index in [0.717, 1.165) is 11.3 Å². The van der Waals surface area contributed by atoms with Crippen molar-refractivity contribution in [1.29, 1.82) is 0 Å². The van der Waals surface area contributed by atoms with Crippen molar-refractivity contribution in [3.05, 3.63) is 71.0 Å². The lowest BCUT2D eigenvalue weighted by molar-refractivity contribution is 0.0947. The summed E-state index contributed by atoms with van der Waals surface area (Å²) in [5.41, 5.74) is 1.95. The average molecular weight is 399 g/mol. The van der Waals surface area contributed by atoms with Crippen LogP contribution in [0.2, 0.25) is 5.02 Å². The van der Waals surface area contributed by atoms with Crippen molar-refractivity contribution in [2.45, 2.75) is 6.54 Å². The number of carbonyl (C=O) groups excluding carboxylic acids is 1. The second-order valence-corrected chi connectivity index (χ2v) is 6.63. The van der Waals surface area contributed by atoms with Crippen molar-refractivity contribution in [2.75, 3.05) is 20.3 Å². The van der Waals surface area contributed by atoms with Gasteiger partial charge < -0.3 is 24.1 Å². The molecule has 0 unspecified atom stereocenters. The second-order valence-electron chi connectivity index (χ2n) is 6.22. The summed E-state index contributed by atoms with van der Waals surface area (Å²) >= 11 is 6.41. The third-order valence-electron chi connectivity index (χ3n) is 4.48. The maximum Gasteiger partial charge on any atom is 0.255 e. The van der Waals surface area contributed by atoms with Crippen LogP contribution >= 0.6 is 11.6 Å². The minimum atomic E-state index is -0.285. The van der Waals surface area contributed by atoms with Crippen LogP contribution in [0, 0.1) is 0 Å². The third kappa shape index (κ3) is 3.51. The highest BCUT2D eigenvalue weighted by Crippen LogP contribution is 2.34. The molecule has 0 atom stereocenters. The predicted octanol–water partition coefficient (Wildman–Crippen LogP) is 3.84. The Morgan fingerprint density at radius 3 is 2.75 bits per heavy atom. The van der Waals surface area contributed by atoms with Crippen molar-refractivity contribution in [3.63, 3.8) is 0 Å². The molecule has 0 spiro atoms. The zero-order chi connectivity index (χ0) is 19.5. The topological polar surface area (TPSA) is 61.7 Å². The molecule has 0 aliphatic carbocycles. The molecule has 28 heavy (non-hydrogen) atoms. The van der Waals surface area contributed by atoms with Gasteiger partial charge in [-0.25, -0.2) is 0 Å². The van der Waals surface area contributed by atoms with Gasteiger partial charge in [0.25, 0.3) is 5.91 Å². The lowest BCUT2D eigenvalue weighted by Gasteiger charge is -2.21. The number of nitrogens with zero attached hydrogens (tertiary/aromatic N) is 1. The second kappa shape index (κ2) is 7.86. The number of halogens is 1. The standard InChI is InChI=1S/C21H19ClN2O4/c1-26-19-12-17(24-7-2-3-8-24)16(22)11-15(19)21(25)23-13-14-5-4-6-18-20(14)28-10-9-27-18/h2-8,11-12H,9-10,13H2,1H3,(H,23,25). The van der Waals surface area contributed by atoms with Crippen LogP contribution in [0.1, 0.15) is 15.9 Å². The SMILES string of the molecule is COc1cc(-n2cccc2)c(Cl)cc1C(=O)NCc1cccc2c1OCCO2. The quantitative estimate of drug-likeness (QED) is 0.709. The highest BCUT2D eigenvalue weighted by atomic mass is 35.5. The molecule has 1 aromatic heterocycles. The fourth-order valence-electron chi connectivity index (χ4n) is 3.13. The number of para-hydroxylation sites is 1. The minimum Gasteiger partial charge on any atom is -0.496 e. The number of rotatable bonds is 5. The molecule has 0 saturated heterocycles. The number of fused-ring (bicyclic) bond motifs is 1. The van der Waals surface area contributed by atoms with E-state index in [1.54, 1.807) is 12.1 Å². The van der Waals surface area contributed by atoms with Gasteiger partial charge >= 0.3 is 0 Å². The number of methoxy groups -OCH3 is 1. The number of hydrogen-bond donors (Lipinski definition) is 1. The van der Waals surface area contributed by atoms with Gasteiger partial charge in [0.1, 0.15) is 19.0 Å². The van der Waals surface area contributed by atoms with E-state index in [0.29, 0.717) is 47.6 Å². The summed E-state index contributed by atoms with van der Waals surface area (Å²) in [7, 11) is 1.53. The molecule has 2 heterocycles. The van der Waals surface area contributed by atoms with Crippen molar-refractivity contribution in [2.24, 2.45) is 0 Å². The Kier molecular flexibility index (Phi) is 5.12. The molecule has 1 amide bonds. The van der Waals surface area contributed by atoms with Gasteiger partial charge in [-0.3, -0.25) is 4.79 Å². The first-order chi connectivity index (χ1) is 13.7. The first-order valence-electron chi connectivity index (χ1n) is 8.84. The summed E-state index contributed by atoms with van der Waals surface area (Å²) < 4.78 is 18.6. The van der Waals surface area contributed by atoms with Crippen LogP contribution in [0.25, 0.3) is 5.69 Å². The Balaban J connectivity index is 1.56. The van der Waals surface area contributed by atoms with Crippen LogP contribution in [-0.2, 0) is 6.54 Å². The van der Waals surface area contributed by atoms with Gasteiger partial charge in [0.2, 0.25) is 0 Å². The maximum atomic E-state index is 12.8. The monoisotopic (exact) mass is 398 g/mol. The van der Waals surface area contributed by atoms with Gasteiger partial charge in [-0.15, -0.1) is 0 Å². The Hall–Kier alpha value is -3.12. The number of amides is 1. The van der Waals surface area contributed by atoms with Gasteiger partial charge in [-0.2, -0.15) is 0 Å². The number of hydrogen-bond acceptors (Lipinski definition) is 4. The molecule has 0 saturated carbocycles. The van der Waals surface area contributed by atoms with E-state index in [2.05, 4.69) is 5.32 Å². The molecular formula is C21H19ClN2O4. The van der Waals surface area contributed by atoms with Crippen LogP contribution in [0.4, 0.5) is 0 Å². The first kappa shape index (κ1) is 18.3. The van der Waals surface area contributed by atoms with E-state index < -0.39 is 0 Å². The van der Waals surface area contributed by atoms with E-state index in [-0.39, 0.29) is 5.91 Å². The third-order valence-corrected chi connectivity index (χ3v) is 4.79. The maximum absolute atomic E-state index is 12.8. The number of nitrogens with one attached hydrogen (secondary N) is 1. The van der Waals surface area contributed by atoms with E-state index in [1.807, 2.05) is 47.3 Å². The summed E-state index contributed by atoms with van der Waals surface area (Å²) in [5.74, 6) is 1.52. The summed E-state index contributed by atoms with van der Waals surface area (Å²) in [5, 5.41) is 3.36.